The lowest BCUT2D eigenvalue weighted by molar-refractivity contribution is -0.148. The van der Waals surface area contributed by atoms with Crippen LogP contribution < -0.4 is 5.32 Å². The average Bonchev–Trinajstić information content (AvgIpc) is 2.14. The highest BCUT2D eigenvalue weighted by molar-refractivity contribution is 5.84. The minimum atomic E-state index is -0.635. The lowest BCUT2D eigenvalue weighted by Gasteiger charge is -2.20. The first-order valence-electron chi connectivity index (χ1n) is 5.09. The minimum Gasteiger partial charge on any atom is -0.464 e. The molecule has 0 aliphatic carbocycles. The van der Waals surface area contributed by atoms with Crippen molar-refractivity contribution in [1.29, 1.82) is 0 Å². The zero-order valence-electron chi connectivity index (χ0n) is 9.45. The van der Waals surface area contributed by atoms with E-state index >= 15 is 0 Å². The molecule has 0 aliphatic heterocycles. The van der Waals surface area contributed by atoms with E-state index < -0.39 is 12.0 Å². The van der Waals surface area contributed by atoms with Crippen molar-refractivity contribution in [3.8, 4) is 0 Å². The number of carbonyl (C=O) groups excluding carboxylic acids is 2. The molecule has 0 saturated carbocycles. The zero-order valence-corrected chi connectivity index (χ0v) is 9.45. The number of amides is 1. The SMILES string of the molecule is CCOC(=O)C(NC(=O)CCO)C(C)C. The average molecular weight is 217 g/mol. The van der Waals surface area contributed by atoms with Crippen molar-refractivity contribution in [2.24, 2.45) is 5.92 Å². The van der Waals surface area contributed by atoms with Crippen molar-refractivity contribution >= 4 is 11.9 Å². The lowest BCUT2D eigenvalue weighted by Crippen LogP contribution is -2.45. The third-order valence-electron chi connectivity index (χ3n) is 1.86. The molecule has 0 heterocycles. The molecule has 1 unspecified atom stereocenters. The van der Waals surface area contributed by atoms with Crippen LogP contribution in [-0.2, 0) is 14.3 Å². The molecule has 0 bridgehead atoms. The van der Waals surface area contributed by atoms with Gasteiger partial charge in [-0.1, -0.05) is 13.8 Å². The van der Waals surface area contributed by atoms with E-state index in [4.69, 9.17) is 9.84 Å². The van der Waals surface area contributed by atoms with Gasteiger partial charge in [-0.05, 0) is 12.8 Å². The fraction of sp³-hybridized carbons (Fsp3) is 0.800. The first-order valence-corrected chi connectivity index (χ1v) is 5.09. The van der Waals surface area contributed by atoms with E-state index in [1.54, 1.807) is 6.92 Å². The highest BCUT2D eigenvalue weighted by atomic mass is 16.5. The summed E-state index contributed by atoms with van der Waals surface area (Å²) in [6.07, 6.45) is 0.00260. The van der Waals surface area contributed by atoms with E-state index in [1.807, 2.05) is 13.8 Å². The summed E-state index contributed by atoms with van der Waals surface area (Å²) >= 11 is 0. The summed E-state index contributed by atoms with van der Waals surface area (Å²) in [7, 11) is 0. The number of carbonyl (C=O) groups is 2. The number of ether oxygens (including phenoxy) is 1. The number of aliphatic hydroxyl groups excluding tert-OH is 1. The van der Waals surface area contributed by atoms with Crippen molar-refractivity contribution in [1.82, 2.24) is 5.32 Å². The van der Waals surface area contributed by atoms with Gasteiger partial charge in [0.2, 0.25) is 5.91 Å². The molecule has 0 fully saturated rings. The molecule has 0 rings (SSSR count). The summed E-state index contributed by atoms with van der Waals surface area (Å²) in [5.41, 5.74) is 0. The van der Waals surface area contributed by atoms with E-state index in [0.717, 1.165) is 0 Å². The smallest absolute Gasteiger partial charge is 0.328 e. The van der Waals surface area contributed by atoms with Crippen LogP contribution >= 0.6 is 0 Å². The summed E-state index contributed by atoms with van der Waals surface area (Å²) in [5.74, 6) is -0.810. The van der Waals surface area contributed by atoms with Gasteiger partial charge < -0.3 is 15.2 Å². The topological polar surface area (TPSA) is 75.6 Å². The molecule has 0 spiro atoms. The second-order valence-corrected chi connectivity index (χ2v) is 3.51. The van der Waals surface area contributed by atoms with Crippen LogP contribution in [0.4, 0.5) is 0 Å². The van der Waals surface area contributed by atoms with Crippen molar-refractivity contribution in [2.75, 3.05) is 13.2 Å². The second kappa shape index (κ2) is 7.23. The number of rotatable bonds is 6. The molecule has 0 saturated heterocycles. The van der Waals surface area contributed by atoms with Gasteiger partial charge in [0.25, 0.3) is 0 Å². The van der Waals surface area contributed by atoms with Crippen LogP contribution in [-0.4, -0.2) is 36.2 Å². The lowest BCUT2D eigenvalue weighted by atomic mass is 10.0. The Bertz CT molecular complexity index is 215. The molecule has 88 valence electrons. The Morgan fingerprint density at radius 2 is 2.00 bits per heavy atom. The van der Waals surface area contributed by atoms with Crippen molar-refractivity contribution in [3.63, 3.8) is 0 Å². The van der Waals surface area contributed by atoms with Crippen molar-refractivity contribution in [3.05, 3.63) is 0 Å². The number of hydrogen-bond donors (Lipinski definition) is 2. The van der Waals surface area contributed by atoms with Gasteiger partial charge in [-0.15, -0.1) is 0 Å². The van der Waals surface area contributed by atoms with Crippen LogP contribution in [0.2, 0.25) is 0 Å². The van der Waals surface area contributed by atoms with Gasteiger partial charge in [-0.25, -0.2) is 4.79 Å². The van der Waals surface area contributed by atoms with E-state index in [9.17, 15) is 9.59 Å². The van der Waals surface area contributed by atoms with Crippen LogP contribution in [0.1, 0.15) is 27.2 Å². The third-order valence-corrected chi connectivity index (χ3v) is 1.86. The minimum absolute atomic E-state index is 0.00260. The molecule has 5 nitrogen and oxygen atoms in total. The fourth-order valence-corrected chi connectivity index (χ4v) is 1.08. The summed E-state index contributed by atoms with van der Waals surface area (Å²) in [6.45, 7) is 5.42. The number of esters is 1. The zero-order chi connectivity index (χ0) is 11.8. The Balaban J connectivity index is 4.27. The number of aliphatic hydroxyl groups is 1. The maximum absolute atomic E-state index is 11.4. The molecule has 0 radical (unpaired) electrons. The molecule has 2 N–H and O–H groups in total. The second-order valence-electron chi connectivity index (χ2n) is 3.51. The van der Waals surface area contributed by atoms with Gasteiger partial charge in [0.1, 0.15) is 6.04 Å². The van der Waals surface area contributed by atoms with Gasteiger partial charge in [0.15, 0.2) is 0 Å². The van der Waals surface area contributed by atoms with Crippen LogP contribution in [0.3, 0.4) is 0 Å². The molecule has 15 heavy (non-hydrogen) atoms. The summed E-state index contributed by atoms with van der Waals surface area (Å²) in [6, 6.07) is -0.635. The van der Waals surface area contributed by atoms with Crippen LogP contribution in [0, 0.1) is 5.92 Å². The van der Waals surface area contributed by atoms with Gasteiger partial charge in [-0.2, -0.15) is 0 Å². The summed E-state index contributed by atoms with van der Waals surface area (Å²) in [4.78, 5) is 22.6. The van der Waals surface area contributed by atoms with E-state index in [-0.39, 0.29) is 31.5 Å². The van der Waals surface area contributed by atoms with Crippen LogP contribution in [0.5, 0.6) is 0 Å². The highest BCUT2D eigenvalue weighted by Crippen LogP contribution is 2.04. The maximum Gasteiger partial charge on any atom is 0.328 e. The summed E-state index contributed by atoms with van der Waals surface area (Å²) in [5, 5.41) is 11.1. The normalized spacial score (nSPS) is 12.3. The largest absolute Gasteiger partial charge is 0.464 e. The maximum atomic E-state index is 11.4. The van der Waals surface area contributed by atoms with Gasteiger partial charge in [0, 0.05) is 6.42 Å². The Kier molecular flexibility index (Phi) is 6.70. The third kappa shape index (κ3) is 5.37. The first kappa shape index (κ1) is 13.9. The molecule has 0 aromatic carbocycles. The molecular weight excluding hydrogens is 198 g/mol. The molecule has 0 aromatic heterocycles. The molecule has 5 heteroatoms. The predicted octanol–water partition coefficient (Wildman–Crippen LogP) is 0.0727. The predicted molar refractivity (Wildman–Crippen MR) is 55.1 cm³/mol. The fourth-order valence-electron chi connectivity index (χ4n) is 1.08. The monoisotopic (exact) mass is 217 g/mol. The highest BCUT2D eigenvalue weighted by Gasteiger charge is 2.24. The molecule has 1 amide bonds. The van der Waals surface area contributed by atoms with Gasteiger partial charge in [0.05, 0.1) is 13.2 Å². The molecule has 0 aromatic rings. The van der Waals surface area contributed by atoms with E-state index in [2.05, 4.69) is 5.32 Å². The molecule has 1 atom stereocenters. The van der Waals surface area contributed by atoms with Crippen molar-refractivity contribution in [2.45, 2.75) is 33.2 Å². The van der Waals surface area contributed by atoms with Crippen molar-refractivity contribution < 1.29 is 19.4 Å². The Labute approximate surface area is 89.8 Å². The Hall–Kier alpha value is -1.10. The first-order chi connectivity index (χ1) is 7.02. The Morgan fingerprint density at radius 3 is 2.40 bits per heavy atom. The quantitative estimate of drug-likeness (QED) is 0.617. The Morgan fingerprint density at radius 1 is 1.40 bits per heavy atom. The van der Waals surface area contributed by atoms with E-state index in [0.29, 0.717) is 0 Å². The van der Waals surface area contributed by atoms with Gasteiger partial charge >= 0.3 is 5.97 Å². The molecule has 0 aliphatic rings. The standard InChI is InChI=1S/C10H19NO4/c1-4-15-10(14)9(7(2)3)11-8(13)5-6-12/h7,9,12H,4-6H2,1-3H3,(H,11,13). The number of hydrogen-bond acceptors (Lipinski definition) is 4. The summed E-state index contributed by atoms with van der Waals surface area (Å²) < 4.78 is 4.83. The van der Waals surface area contributed by atoms with E-state index in [1.165, 1.54) is 0 Å². The van der Waals surface area contributed by atoms with Crippen LogP contribution in [0.15, 0.2) is 0 Å². The van der Waals surface area contributed by atoms with Crippen LogP contribution in [0.25, 0.3) is 0 Å². The number of nitrogens with one attached hydrogen (secondary N) is 1. The molecular formula is C10H19NO4. The van der Waals surface area contributed by atoms with Gasteiger partial charge in [-0.3, -0.25) is 4.79 Å².